The summed E-state index contributed by atoms with van der Waals surface area (Å²) < 4.78 is 5.51. The Morgan fingerprint density at radius 1 is 1.39 bits per heavy atom. The minimum Gasteiger partial charge on any atom is -0.465 e. The van der Waals surface area contributed by atoms with Gasteiger partial charge in [0, 0.05) is 30.3 Å². The zero-order valence-electron chi connectivity index (χ0n) is 12.5. The second kappa shape index (κ2) is 7.19. The molecule has 0 unspecified atom stereocenters. The van der Waals surface area contributed by atoms with Crippen molar-refractivity contribution in [3.63, 3.8) is 0 Å². The van der Waals surface area contributed by atoms with E-state index in [9.17, 15) is 14.9 Å². The highest BCUT2D eigenvalue weighted by Crippen LogP contribution is 2.27. The number of pyridine rings is 1. The van der Waals surface area contributed by atoms with E-state index in [0.29, 0.717) is 6.54 Å². The monoisotopic (exact) mass is 379 g/mol. The number of aromatic nitrogens is 1. The van der Waals surface area contributed by atoms with E-state index in [2.05, 4.69) is 25.7 Å². The molecule has 1 aromatic carbocycles. The lowest BCUT2D eigenvalue weighted by atomic mass is 10.2. The van der Waals surface area contributed by atoms with Gasteiger partial charge in [-0.1, -0.05) is 28.1 Å². The molecule has 2 rings (SSSR count). The van der Waals surface area contributed by atoms with Gasteiger partial charge < -0.3 is 9.64 Å². The van der Waals surface area contributed by atoms with Crippen molar-refractivity contribution in [2.24, 2.45) is 0 Å². The molecule has 1 heterocycles. The third kappa shape index (κ3) is 4.04. The Hall–Kier alpha value is -2.48. The van der Waals surface area contributed by atoms with Crippen molar-refractivity contribution in [3.05, 3.63) is 62.2 Å². The molecule has 8 heteroatoms. The average Bonchev–Trinajstić information content (AvgIpc) is 2.55. The average molecular weight is 380 g/mol. The van der Waals surface area contributed by atoms with Gasteiger partial charge in [0.15, 0.2) is 0 Å². The highest BCUT2D eigenvalue weighted by Gasteiger charge is 2.22. The van der Waals surface area contributed by atoms with Gasteiger partial charge in [0.05, 0.1) is 17.6 Å². The van der Waals surface area contributed by atoms with E-state index in [-0.39, 0.29) is 17.1 Å². The smallest absolute Gasteiger partial charge is 0.339 e. The van der Waals surface area contributed by atoms with Crippen LogP contribution in [0.2, 0.25) is 0 Å². The summed E-state index contributed by atoms with van der Waals surface area (Å²) in [6, 6.07) is 8.79. The molecule has 7 nitrogen and oxygen atoms in total. The van der Waals surface area contributed by atoms with E-state index < -0.39 is 10.9 Å². The summed E-state index contributed by atoms with van der Waals surface area (Å²) in [5.74, 6) is -0.478. The molecule has 0 bridgehead atoms. The zero-order valence-corrected chi connectivity index (χ0v) is 14.1. The molecule has 120 valence electrons. The van der Waals surface area contributed by atoms with Crippen LogP contribution < -0.4 is 4.90 Å². The molecule has 23 heavy (non-hydrogen) atoms. The molecule has 1 aromatic heterocycles. The van der Waals surface area contributed by atoms with Crippen molar-refractivity contribution in [2.45, 2.75) is 6.54 Å². The normalized spacial score (nSPS) is 10.2. The number of carbonyl (C=O) groups is 1. The molecular weight excluding hydrogens is 366 g/mol. The van der Waals surface area contributed by atoms with Crippen LogP contribution in [0.5, 0.6) is 0 Å². The van der Waals surface area contributed by atoms with Gasteiger partial charge in [-0.15, -0.1) is 0 Å². The maximum atomic E-state index is 11.5. The van der Waals surface area contributed by atoms with Crippen molar-refractivity contribution < 1.29 is 14.5 Å². The van der Waals surface area contributed by atoms with Crippen LogP contribution in [-0.4, -0.2) is 30.0 Å². The van der Waals surface area contributed by atoms with Gasteiger partial charge >= 0.3 is 11.7 Å². The largest absolute Gasteiger partial charge is 0.465 e. The summed E-state index contributed by atoms with van der Waals surface area (Å²) in [5, 5.41) is 11.3. The van der Waals surface area contributed by atoms with Crippen LogP contribution >= 0.6 is 15.9 Å². The zero-order chi connectivity index (χ0) is 17.0. The minimum absolute atomic E-state index is 0.0417. The van der Waals surface area contributed by atoms with Gasteiger partial charge in [0.2, 0.25) is 5.82 Å². The molecule has 0 spiro atoms. The Bertz CT molecular complexity index is 734. The Balaban J connectivity index is 2.31. The molecular formula is C15H14BrN3O4. The summed E-state index contributed by atoms with van der Waals surface area (Å²) >= 11 is 3.36. The van der Waals surface area contributed by atoms with E-state index in [1.54, 1.807) is 11.9 Å². The van der Waals surface area contributed by atoms with Crippen LogP contribution in [0.4, 0.5) is 11.5 Å². The predicted octanol–water partition coefficient (Wildman–Crippen LogP) is 3.18. The SMILES string of the molecule is COC(=O)c1cnc(N(C)Cc2ccc(Br)cc2)c([N+](=O)[O-])c1. The van der Waals surface area contributed by atoms with E-state index in [1.807, 2.05) is 24.3 Å². The summed E-state index contributed by atoms with van der Waals surface area (Å²) in [6.45, 7) is 0.443. The van der Waals surface area contributed by atoms with Gasteiger partial charge in [-0.25, -0.2) is 9.78 Å². The van der Waals surface area contributed by atoms with Crippen molar-refractivity contribution in [1.82, 2.24) is 4.98 Å². The van der Waals surface area contributed by atoms with Crippen LogP contribution in [0, 0.1) is 10.1 Å². The Kier molecular flexibility index (Phi) is 5.28. The number of hydrogen-bond acceptors (Lipinski definition) is 6. The Morgan fingerprint density at radius 2 is 2.04 bits per heavy atom. The quantitative estimate of drug-likeness (QED) is 0.450. The number of anilines is 1. The Morgan fingerprint density at radius 3 is 2.61 bits per heavy atom. The van der Waals surface area contributed by atoms with Crippen LogP contribution in [0.25, 0.3) is 0 Å². The van der Waals surface area contributed by atoms with Crippen LogP contribution in [-0.2, 0) is 11.3 Å². The molecule has 0 saturated heterocycles. The summed E-state index contributed by atoms with van der Waals surface area (Å²) in [4.78, 5) is 27.9. The predicted molar refractivity (Wildman–Crippen MR) is 88.5 cm³/mol. The number of methoxy groups -OCH3 is 1. The van der Waals surface area contributed by atoms with Crippen LogP contribution in [0.3, 0.4) is 0 Å². The standard InChI is InChI=1S/C15H14BrN3O4/c1-18(9-10-3-5-12(16)6-4-10)14-13(19(21)22)7-11(8-17-14)15(20)23-2/h3-8H,9H2,1-2H3. The number of nitrogens with zero attached hydrogens (tertiary/aromatic N) is 3. The summed E-state index contributed by atoms with van der Waals surface area (Å²) in [6.07, 6.45) is 1.27. The first kappa shape index (κ1) is 16.9. The molecule has 0 atom stereocenters. The Labute approximate surface area is 141 Å². The summed E-state index contributed by atoms with van der Waals surface area (Å²) in [5.41, 5.74) is 0.774. The molecule has 0 N–H and O–H groups in total. The number of rotatable bonds is 5. The first-order valence-corrected chi connectivity index (χ1v) is 7.40. The third-order valence-corrected chi connectivity index (χ3v) is 3.69. The van der Waals surface area contributed by atoms with Gasteiger partial charge in [0.25, 0.3) is 0 Å². The van der Waals surface area contributed by atoms with E-state index in [0.717, 1.165) is 10.0 Å². The lowest BCUT2D eigenvalue weighted by Crippen LogP contribution is -2.19. The number of hydrogen-bond donors (Lipinski definition) is 0. The van der Waals surface area contributed by atoms with Gasteiger partial charge in [0.1, 0.15) is 0 Å². The van der Waals surface area contributed by atoms with Crippen LogP contribution in [0.15, 0.2) is 41.0 Å². The number of halogens is 1. The fourth-order valence-electron chi connectivity index (χ4n) is 2.04. The molecule has 0 aliphatic heterocycles. The molecule has 0 radical (unpaired) electrons. The molecule has 0 aliphatic carbocycles. The first-order chi connectivity index (χ1) is 10.9. The number of esters is 1. The highest BCUT2D eigenvalue weighted by atomic mass is 79.9. The topological polar surface area (TPSA) is 85.6 Å². The molecule has 2 aromatic rings. The lowest BCUT2D eigenvalue weighted by molar-refractivity contribution is -0.384. The molecule has 0 aliphatic rings. The van der Waals surface area contributed by atoms with Gasteiger partial charge in [-0.05, 0) is 17.7 Å². The minimum atomic E-state index is -0.664. The fourth-order valence-corrected chi connectivity index (χ4v) is 2.31. The van der Waals surface area contributed by atoms with E-state index in [1.165, 1.54) is 19.4 Å². The molecule has 0 amide bonds. The van der Waals surface area contributed by atoms with Crippen LogP contribution in [0.1, 0.15) is 15.9 Å². The maximum Gasteiger partial charge on any atom is 0.339 e. The number of carbonyl (C=O) groups excluding carboxylic acids is 1. The van der Waals surface area contributed by atoms with Crippen molar-refractivity contribution >= 4 is 33.4 Å². The lowest BCUT2D eigenvalue weighted by Gasteiger charge is -2.18. The number of nitro groups is 1. The second-order valence-corrected chi connectivity index (χ2v) is 5.71. The van der Waals surface area contributed by atoms with E-state index >= 15 is 0 Å². The molecule has 0 saturated carbocycles. The molecule has 0 fully saturated rings. The van der Waals surface area contributed by atoms with Crippen molar-refractivity contribution in [3.8, 4) is 0 Å². The van der Waals surface area contributed by atoms with E-state index in [4.69, 9.17) is 0 Å². The van der Waals surface area contributed by atoms with Gasteiger partial charge in [-0.3, -0.25) is 10.1 Å². The highest BCUT2D eigenvalue weighted by molar-refractivity contribution is 9.10. The van der Waals surface area contributed by atoms with Crippen molar-refractivity contribution in [1.29, 1.82) is 0 Å². The van der Waals surface area contributed by atoms with Gasteiger partial charge in [-0.2, -0.15) is 0 Å². The number of ether oxygens (including phenoxy) is 1. The third-order valence-electron chi connectivity index (χ3n) is 3.16. The van der Waals surface area contributed by atoms with Crippen molar-refractivity contribution in [2.75, 3.05) is 19.1 Å². The summed E-state index contributed by atoms with van der Waals surface area (Å²) in [7, 11) is 2.91. The fraction of sp³-hybridized carbons (Fsp3) is 0.200. The second-order valence-electron chi connectivity index (χ2n) is 4.80. The number of benzene rings is 1. The maximum absolute atomic E-state index is 11.5. The first-order valence-electron chi connectivity index (χ1n) is 6.60.